The molecule has 0 aliphatic heterocycles. The molecule has 0 radical (unpaired) electrons. The molecule has 0 fully saturated rings. The molecule has 0 aromatic heterocycles. The Kier molecular flexibility index (Phi) is 6.87. The number of carbonyl (C=O) groups is 1. The van der Waals surface area contributed by atoms with E-state index in [0.717, 1.165) is 23.4 Å². The highest BCUT2D eigenvalue weighted by Gasteiger charge is 2.08. The van der Waals surface area contributed by atoms with Crippen LogP contribution in [0.1, 0.15) is 17.5 Å². The number of benzene rings is 1. The van der Waals surface area contributed by atoms with Gasteiger partial charge in [-0.15, -0.1) is 0 Å². The van der Waals surface area contributed by atoms with Gasteiger partial charge in [-0.3, -0.25) is 15.6 Å². The summed E-state index contributed by atoms with van der Waals surface area (Å²) in [5.74, 6) is -0.105. The van der Waals surface area contributed by atoms with Gasteiger partial charge >= 0.3 is 0 Å². The molecule has 1 rings (SSSR count). The number of quaternary nitrogens is 1. The summed E-state index contributed by atoms with van der Waals surface area (Å²) in [4.78, 5) is 12.8. The molecule has 0 atom stereocenters. The monoisotopic (exact) mass is 329 g/mol. The van der Waals surface area contributed by atoms with Crippen molar-refractivity contribution in [1.29, 1.82) is 0 Å². The molecule has 0 saturated heterocycles. The molecule has 116 valence electrons. The molecule has 0 aliphatic rings. The number of nitrogens with one attached hydrogen (secondary N) is 4. The number of anilines is 1. The van der Waals surface area contributed by atoms with Crippen molar-refractivity contribution in [1.82, 2.24) is 10.9 Å². The fourth-order valence-corrected chi connectivity index (χ4v) is 2.29. The van der Waals surface area contributed by atoms with Crippen molar-refractivity contribution in [2.75, 3.05) is 26.0 Å². The number of hydrazine groups is 1. The van der Waals surface area contributed by atoms with Crippen molar-refractivity contribution in [2.45, 2.75) is 20.3 Å². The summed E-state index contributed by atoms with van der Waals surface area (Å²) in [6.07, 6.45) is 0.433. The minimum atomic E-state index is -0.105. The number of rotatable bonds is 4. The minimum absolute atomic E-state index is 0.105. The van der Waals surface area contributed by atoms with Crippen molar-refractivity contribution in [3.63, 3.8) is 0 Å². The Morgan fingerprint density at radius 2 is 1.95 bits per heavy atom. The lowest BCUT2D eigenvalue weighted by molar-refractivity contribution is -0.857. The number of hydrogen-bond acceptors (Lipinski definition) is 2. The largest absolute Gasteiger partial charge is 0.339 e. The highest BCUT2D eigenvalue weighted by atomic mass is 35.5. The van der Waals surface area contributed by atoms with Crippen LogP contribution in [0.15, 0.2) is 12.1 Å². The number of amides is 1. The Morgan fingerprint density at radius 1 is 1.29 bits per heavy atom. The zero-order valence-electron chi connectivity index (χ0n) is 12.8. The van der Waals surface area contributed by atoms with Crippen LogP contribution in [-0.4, -0.2) is 31.7 Å². The van der Waals surface area contributed by atoms with Gasteiger partial charge in [0.2, 0.25) is 5.91 Å². The first-order valence-corrected chi connectivity index (χ1v) is 7.50. The third kappa shape index (κ3) is 6.29. The quantitative estimate of drug-likeness (QED) is 0.488. The van der Waals surface area contributed by atoms with E-state index in [-0.39, 0.29) is 5.91 Å². The van der Waals surface area contributed by atoms with E-state index < -0.39 is 0 Å². The maximum Gasteiger partial charge on any atom is 0.244 e. The standard InChI is InChI=1S/C14H21ClN4OS/c1-9-7-10(2)13(11(15)8-9)16-14(21)18-17-12(20)5-6-19(3)4/h7-8H,5-6H2,1-4H3,(H,17,20)(H2,16,18,21)/p+1. The number of hydrogen-bond donors (Lipinski definition) is 4. The number of thiocarbonyl (C=S) groups is 1. The van der Waals surface area contributed by atoms with E-state index in [0.29, 0.717) is 16.6 Å². The Labute approximate surface area is 136 Å². The van der Waals surface area contributed by atoms with Crippen LogP contribution in [0.2, 0.25) is 5.02 Å². The van der Waals surface area contributed by atoms with Crippen LogP contribution in [-0.2, 0) is 4.79 Å². The van der Waals surface area contributed by atoms with E-state index in [1.807, 2.05) is 40.1 Å². The van der Waals surface area contributed by atoms with Crippen molar-refractivity contribution in [3.05, 3.63) is 28.3 Å². The number of aryl methyl sites for hydroxylation is 2. The lowest BCUT2D eigenvalue weighted by Crippen LogP contribution is -3.05. The summed E-state index contributed by atoms with van der Waals surface area (Å²) >= 11 is 11.3. The van der Waals surface area contributed by atoms with Gasteiger partial charge in [0.15, 0.2) is 5.11 Å². The first-order valence-electron chi connectivity index (χ1n) is 6.71. The maximum atomic E-state index is 11.6. The summed E-state index contributed by atoms with van der Waals surface area (Å²) < 4.78 is 0. The number of halogens is 1. The Morgan fingerprint density at radius 3 is 2.52 bits per heavy atom. The molecule has 5 nitrogen and oxygen atoms in total. The zero-order chi connectivity index (χ0) is 16.0. The molecular weight excluding hydrogens is 308 g/mol. The van der Waals surface area contributed by atoms with Gasteiger partial charge in [-0.05, 0) is 43.3 Å². The van der Waals surface area contributed by atoms with Crippen LogP contribution >= 0.6 is 23.8 Å². The summed E-state index contributed by atoms with van der Waals surface area (Å²) in [5, 5.41) is 3.89. The second kappa shape index (κ2) is 8.17. The molecule has 0 saturated carbocycles. The van der Waals surface area contributed by atoms with Crippen molar-refractivity contribution in [2.24, 2.45) is 0 Å². The molecule has 0 heterocycles. The van der Waals surface area contributed by atoms with E-state index in [1.54, 1.807) is 0 Å². The molecular formula is C14H22ClN4OS+. The van der Waals surface area contributed by atoms with Gasteiger partial charge in [0.1, 0.15) is 0 Å². The van der Waals surface area contributed by atoms with Gasteiger partial charge in [-0.25, -0.2) is 0 Å². The van der Waals surface area contributed by atoms with Gasteiger partial charge in [0.25, 0.3) is 0 Å². The van der Waals surface area contributed by atoms with Crippen LogP contribution in [0, 0.1) is 13.8 Å². The highest BCUT2D eigenvalue weighted by Crippen LogP contribution is 2.27. The molecule has 0 unspecified atom stereocenters. The topological polar surface area (TPSA) is 57.6 Å². The van der Waals surface area contributed by atoms with Gasteiger partial charge in [0.05, 0.1) is 37.8 Å². The van der Waals surface area contributed by atoms with E-state index in [9.17, 15) is 4.79 Å². The fraction of sp³-hybridized carbons (Fsp3) is 0.429. The van der Waals surface area contributed by atoms with Gasteiger partial charge in [-0.2, -0.15) is 0 Å². The molecule has 1 aromatic carbocycles. The fourth-order valence-electron chi connectivity index (χ4n) is 1.77. The molecule has 21 heavy (non-hydrogen) atoms. The first-order chi connectivity index (χ1) is 9.79. The molecule has 0 bridgehead atoms. The highest BCUT2D eigenvalue weighted by molar-refractivity contribution is 7.80. The summed E-state index contributed by atoms with van der Waals surface area (Å²) in [7, 11) is 3.99. The van der Waals surface area contributed by atoms with E-state index in [4.69, 9.17) is 23.8 Å². The van der Waals surface area contributed by atoms with E-state index in [2.05, 4.69) is 16.2 Å². The van der Waals surface area contributed by atoms with Crippen molar-refractivity contribution in [3.8, 4) is 0 Å². The van der Waals surface area contributed by atoms with Crippen LogP contribution in [0.25, 0.3) is 0 Å². The lowest BCUT2D eigenvalue weighted by atomic mass is 10.1. The van der Waals surface area contributed by atoms with Crippen molar-refractivity contribution < 1.29 is 9.69 Å². The predicted octanol–water partition coefficient (Wildman–Crippen LogP) is 0.809. The predicted molar refractivity (Wildman–Crippen MR) is 90.7 cm³/mol. The summed E-state index contributed by atoms with van der Waals surface area (Å²) in [6, 6.07) is 3.87. The molecule has 1 amide bonds. The average molecular weight is 330 g/mol. The average Bonchev–Trinajstić information content (AvgIpc) is 2.38. The van der Waals surface area contributed by atoms with Crippen LogP contribution in [0.5, 0.6) is 0 Å². The SMILES string of the molecule is Cc1cc(C)c(NC(=S)NNC(=O)CC[NH+](C)C)c(Cl)c1. The smallest absolute Gasteiger partial charge is 0.244 e. The van der Waals surface area contributed by atoms with Gasteiger partial charge in [0, 0.05) is 0 Å². The Bertz CT molecular complexity index is 511. The van der Waals surface area contributed by atoms with Gasteiger partial charge < -0.3 is 10.2 Å². The minimum Gasteiger partial charge on any atom is -0.339 e. The number of carbonyl (C=O) groups excluding carboxylic acids is 1. The van der Waals surface area contributed by atoms with E-state index in [1.165, 1.54) is 4.90 Å². The van der Waals surface area contributed by atoms with E-state index >= 15 is 0 Å². The van der Waals surface area contributed by atoms with Crippen LogP contribution < -0.4 is 21.1 Å². The molecule has 0 spiro atoms. The molecule has 0 aliphatic carbocycles. The van der Waals surface area contributed by atoms with Crippen LogP contribution in [0.3, 0.4) is 0 Å². The molecule has 7 heteroatoms. The second-order valence-electron chi connectivity index (χ2n) is 5.27. The third-order valence-corrected chi connectivity index (χ3v) is 3.34. The maximum absolute atomic E-state index is 11.6. The summed E-state index contributed by atoms with van der Waals surface area (Å²) in [5.41, 5.74) is 8.06. The van der Waals surface area contributed by atoms with Crippen LogP contribution in [0.4, 0.5) is 5.69 Å². The molecule has 4 N–H and O–H groups in total. The third-order valence-electron chi connectivity index (χ3n) is 2.84. The Hall–Kier alpha value is -1.37. The zero-order valence-corrected chi connectivity index (χ0v) is 14.3. The normalized spacial score (nSPS) is 10.4. The molecule has 1 aromatic rings. The first kappa shape index (κ1) is 17.7. The second-order valence-corrected chi connectivity index (χ2v) is 6.09. The van der Waals surface area contributed by atoms with Crippen molar-refractivity contribution >= 4 is 40.5 Å². The van der Waals surface area contributed by atoms with Gasteiger partial charge in [-0.1, -0.05) is 17.7 Å². The lowest BCUT2D eigenvalue weighted by Gasteiger charge is -2.15. The Balaban J connectivity index is 2.50. The summed E-state index contributed by atoms with van der Waals surface area (Å²) in [6.45, 7) is 4.69.